The summed E-state index contributed by atoms with van der Waals surface area (Å²) in [6.45, 7) is 4.73. The number of amides is 1. The third-order valence-corrected chi connectivity index (χ3v) is 4.88. The van der Waals surface area contributed by atoms with Crippen LogP contribution in [-0.2, 0) is 0 Å². The predicted molar refractivity (Wildman–Crippen MR) is 114 cm³/mol. The van der Waals surface area contributed by atoms with Gasteiger partial charge in [0.2, 0.25) is 0 Å². The quantitative estimate of drug-likeness (QED) is 0.385. The van der Waals surface area contributed by atoms with Crippen LogP contribution < -0.4 is 10.2 Å². The van der Waals surface area contributed by atoms with Gasteiger partial charge < -0.3 is 9.15 Å². The Kier molecular flexibility index (Phi) is 6.66. The number of nitrogens with one attached hydrogen (secondary N) is 1. The molecule has 1 amide bonds. The number of hydrazone groups is 1. The Balaban J connectivity index is 1.59. The maximum atomic E-state index is 12.2. The van der Waals surface area contributed by atoms with Crippen LogP contribution in [0.25, 0.3) is 11.3 Å². The lowest BCUT2D eigenvalue weighted by atomic mass is 10.1. The van der Waals surface area contributed by atoms with E-state index in [1.807, 2.05) is 38.1 Å². The topological polar surface area (TPSA) is 63.8 Å². The predicted octanol–water partition coefficient (Wildman–Crippen LogP) is 5.57. The molecule has 3 rings (SSSR count). The molecule has 6 heteroatoms. The second kappa shape index (κ2) is 9.37. The van der Waals surface area contributed by atoms with Crippen molar-refractivity contribution in [2.75, 3.05) is 6.61 Å². The summed E-state index contributed by atoms with van der Waals surface area (Å²) in [5, 5.41) is 3.97. The highest BCUT2D eigenvalue weighted by molar-refractivity contribution is 9.10. The largest absolute Gasteiger partial charge is 0.494 e. The molecule has 0 aliphatic carbocycles. The number of rotatable bonds is 7. The maximum absolute atomic E-state index is 12.2. The average Bonchev–Trinajstić information content (AvgIpc) is 3.17. The summed E-state index contributed by atoms with van der Waals surface area (Å²) >= 11 is 3.52. The molecule has 2 aromatic carbocycles. The first-order chi connectivity index (χ1) is 13.6. The van der Waals surface area contributed by atoms with Crippen molar-refractivity contribution in [2.45, 2.75) is 20.3 Å². The highest BCUT2D eigenvalue weighted by Crippen LogP contribution is 2.26. The van der Waals surface area contributed by atoms with Crippen molar-refractivity contribution in [2.24, 2.45) is 5.10 Å². The second-order valence-corrected chi connectivity index (χ2v) is 7.09. The monoisotopic (exact) mass is 440 g/mol. The minimum atomic E-state index is -0.299. The molecule has 0 bridgehead atoms. The van der Waals surface area contributed by atoms with Gasteiger partial charge in [0.25, 0.3) is 5.91 Å². The van der Waals surface area contributed by atoms with Crippen molar-refractivity contribution in [3.8, 4) is 17.1 Å². The molecule has 0 spiro atoms. The van der Waals surface area contributed by atoms with Gasteiger partial charge >= 0.3 is 0 Å². The molecule has 0 fully saturated rings. The molecule has 144 valence electrons. The summed E-state index contributed by atoms with van der Waals surface area (Å²) in [6.07, 6.45) is 2.41. The molecule has 1 heterocycles. The van der Waals surface area contributed by atoms with Gasteiger partial charge in [-0.2, -0.15) is 5.10 Å². The van der Waals surface area contributed by atoms with Crippen LogP contribution in [0.3, 0.4) is 0 Å². The molecule has 0 aliphatic rings. The zero-order valence-corrected chi connectivity index (χ0v) is 17.3. The number of halogens is 1. The van der Waals surface area contributed by atoms with Gasteiger partial charge in [-0.25, -0.2) is 5.43 Å². The van der Waals surface area contributed by atoms with Crippen LogP contribution in [0.5, 0.6) is 5.75 Å². The Hall–Kier alpha value is -2.86. The van der Waals surface area contributed by atoms with Crippen molar-refractivity contribution in [3.05, 3.63) is 76.0 Å². The highest BCUT2D eigenvalue weighted by Gasteiger charge is 2.07. The lowest BCUT2D eigenvalue weighted by molar-refractivity contribution is 0.0955. The van der Waals surface area contributed by atoms with E-state index in [-0.39, 0.29) is 5.91 Å². The van der Waals surface area contributed by atoms with Crippen LogP contribution in [-0.4, -0.2) is 18.7 Å². The van der Waals surface area contributed by atoms with Crippen LogP contribution in [0.4, 0.5) is 0 Å². The maximum Gasteiger partial charge on any atom is 0.271 e. The number of nitrogens with zero attached hydrogens (tertiary/aromatic N) is 1. The summed E-state index contributed by atoms with van der Waals surface area (Å²) in [5.74, 6) is 1.73. The average molecular weight is 441 g/mol. The lowest BCUT2D eigenvalue weighted by Gasteiger charge is -2.05. The molecule has 0 saturated heterocycles. The molecule has 0 aliphatic heterocycles. The number of furan rings is 1. The summed E-state index contributed by atoms with van der Waals surface area (Å²) in [7, 11) is 0. The molecule has 3 aromatic rings. The number of carbonyl (C=O) groups is 1. The van der Waals surface area contributed by atoms with Gasteiger partial charge in [-0.15, -0.1) is 0 Å². The van der Waals surface area contributed by atoms with Crippen molar-refractivity contribution in [1.29, 1.82) is 0 Å². The Labute approximate surface area is 172 Å². The lowest BCUT2D eigenvalue weighted by Crippen LogP contribution is -2.17. The minimum Gasteiger partial charge on any atom is -0.494 e. The summed E-state index contributed by atoms with van der Waals surface area (Å²) in [5.41, 5.74) is 5.12. The standard InChI is InChI=1S/C22H21BrN2O3/c1-3-12-27-18-8-6-16(7-9-18)22(26)25-24-14-19-10-11-21(28-19)17-5-4-15(2)20(23)13-17/h4-11,13-14H,3,12H2,1-2H3,(H,25,26)/b24-14+. The molecular formula is C22H21BrN2O3. The Morgan fingerprint density at radius 2 is 1.96 bits per heavy atom. The van der Waals surface area contributed by atoms with Gasteiger partial charge in [0, 0.05) is 15.6 Å². The Bertz CT molecular complexity index is 978. The molecule has 28 heavy (non-hydrogen) atoms. The molecule has 0 saturated carbocycles. The molecule has 0 atom stereocenters. The fourth-order valence-electron chi connectivity index (χ4n) is 2.47. The number of ether oxygens (including phenoxy) is 1. The van der Waals surface area contributed by atoms with Gasteiger partial charge in [0.15, 0.2) is 0 Å². The smallest absolute Gasteiger partial charge is 0.271 e. The Morgan fingerprint density at radius 3 is 2.68 bits per heavy atom. The number of benzene rings is 2. The highest BCUT2D eigenvalue weighted by atomic mass is 79.9. The van der Waals surface area contributed by atoms with E-state index in [2.05, 4.69) is 26.5 Å². The van der Waals surface area contributed by atoms with Crippen LogP contribution in [0.15, 0.2) is 68.6 Å². The minimum absolute atomic E-state index is 0.299. The van der Waals surface area contributed by atoms with Crippen LogP contribution in [0.1, 0.15) is 35.0 Å². The SMILES string of the molecule is CCCOc1ccc(C(=O)N/N=C/c2ccc(-c3ccc(C)c(Br)c3)o2)cc1. The Morgan fingerprint density at radius 1 is 1.18 bits per heavy atom. The molecule has 1 aromatic heterocycles. The zero-order valence-electron chi connectivity index (χ0n) is 15.7. The summed E-state index contributed by atoms with van der Waals surface area (Å²) in [6, 6.07) is 16.6. The van der Waals surface area contributed by atoms with E-state index >= 15 is 0 Å². The molecular weight excluding hydrogens is 420 g/mol. The third-order valence-electron chi connectivity index (χ3n) is 4.03. The van der Waals surface area contributed by atoms with Gasteiger partial charge in [0.05, 0.1) is 12.8 Å². The first kappa shape index (κ1) is 19.9. The fourth-order valence-corrected chi connectivity index (χ4v) is 2.84. The second-order valence-electron chi connectivity index (χ2n) is 6.24. The van der Waals surface area contributed by atoms with Gasteiger partial charge in [-0.05, 0) is 61.4 Å². The number of hydrogen-bond donors (Lipinski definition) is 1. The van der Waals surface area contributed by atoms with E-state index < -0.39 is 0 Å². The van der Waals surface area contributed by atoms with E-state index in [0.29, 0.717) is 17.9 Å². The summed E-state index contributed by atoms with van der Waals surface area (Å²) in [4.78, 5) is 12.2. The third kappa shape index (κ3) is 5.10. The number of carbonyl (C=O) groups excluding carboxylic acids is 1. The van der Waals surface area contributed by atoms with Crippen molar-refractivity contribution in [3.63, 3.8) is 0 Å². The molecule has 5 nitrogen and oxygen atoms in total. The first-order valence-electron chi connectivity index (χ1n) is 8.99. The van der Waals surface area contributed by atoms with Crippen molar-refractivity contribution < 1.29 is 13.9 Å². The van der Waals surface area contributed by atoms with Gasteiger partial charge in [-0.3, -0.25) is 4.79 Å². The molecule has 0 unspecified atom stereocenters. The first-order valence-corrected chi connectivity index (χ1v) is 9.78. The van der Waals surface area contributed by atoms with E-state index in [1.54, 1.807) is 30.3 Å². The fraction of sp³-hybridized carbons (Fsp3) is 0.182. The van der Waals surface area contributed by atoms with E-state index in [0.717, 1.165) is 33.5 Å². The van der Waals surface area contributed by atoms with Crippen molar-refractivity contribution in [1.82, 2.24) is 5.43 Å². The van der Waals surface area contributed by atoms with E-state index in [4.69, 9.17) is 9.15 Å². The summed E-state index contributed by atoms with van der Waals surface area (Å²) < 4.78 is 12.3. The number of aryl methyl sites for hydroxylation is 1. The normalized spacial score (nSPS) is 11.0. The number of hydrogen-bond acceptors (Lipinski definition) is 4. The van der Waals surface area contributed by atoms with E-state index in [1.165, 1.54) is 6.21 Å². The van der Waals surface area contributed by atoms with Gasteiger partial charge in [0.1, 0.15) is 17.3 Å². The van der Waals surface area contributed by atoms with Crippen LogP contribution in [0, 0.1) is 6.92 Å². The van der Waals surface area contributed by atoms with Crippen LogP contribution >= 0.6 is 15.9 Å². The zero-order chi connectivity index (χ0) is 19.9. The van der Waals surface area contributed by atoms with Crippen molar-refractivity contribution >= 4 is 28.1 Å². The molecule has 1 N–H and O–H groups in total. The van der Waals surface area contributed by atoms with Gasteiger partial charge in [-0.1, -0.05) is 35.0 Å². The molecule has 0 radical (unpaired) electrons. The van der Waals surface area contributed by atoms with E-state index in [9.17, 15) is 4.79 Å². The van der Waals surface area contributed by atoms with Crippen LogP contribution in [0.2, 0.25) is 0 Å².